The van der Waals surface area contributed by atoms with Gasteiger partial charge >= 0.3 is 0 Å². The molecule has 1 aliphatic heterocycles. The Bertz CT molecular complexity index is 172. The summed E-state index contributed by atoms with van der Waals surface area (Å²) in [6.45, 7) is 5.64. The van der Waals surface area contributed by atoms with Crippen LogP contribution in [-0.4, -0.2) is 29.0 Å². The number of hydrogen-bond donors (Lipinski definition) is 1. The van der Waals surface area contributed by atoms with Gasteiger partial charge in [-0.2, -0.15) is 0 Å². The molecule has 0 aromatic heterocycles. The topological polar surface area (TPSA) is 23.5 Å². The number of rotatable bonds is 3. The fourth-order valence-corrected chi connectivity index (χ4v) is 2.48. The smallest absolute Gasteiger partial charge is 0.0680 e. The molecule has 2 nitrogen and oxygen atoms in total. The Morgan fingerprint density at radius 3 is 2.67 bits per heavy atom. The lowest BCUT2D eigenvalue weighted by atomic mass is 10.3. The van der Waals surface area contributed by atoms with Gasteiger partial charge in [-0.15, -0.1) is 35.7 Å². The van der Waals surface area contributed by atoms with Crippen molar-refractivity contribution in [2.75, 3.05) is 19.0 Å². The summed E-state index contributed by atoms with van der Waals surface area (Å²) in [5.74, 6) is 1.07. The van der Waals surface area contributed by atoms with Gasteiger partial charge in [0.25, 0.3) is 0 Å². The molecule has 0 aromatic carbocycles. The third-order valence-corrected chi connectivity index (χ3v) is 3.28. The second-order valence-electron chi connectivity index (χ2n) is 2.61. The van der Waals surface area contributed by atoms with Gasteiger partial charge in [-0.1, -0.05) is 0 Å². The summed E-state index contributed by atoms with van der Waals surface area (Å²) in [4.78, 5) is 3.68. The highest BCUT2D eigenvalue weighted by Crippen LogP contribution is 2.32. The molecule has 0 saturated carbocycles. The molecule has 0 bridgehead atoms. The summed E-state index contributed by atoms with van der Waals surface area (Å²) >= 11 is 1.85. The monoisotopic (exact) mass is 301 g/mol. The second kappa shape index (κ2) is 6.10. The lowest BCUT2D eigenvalue weighted by Crippen LogP contribution is -2.16. The van der Waals surface area contributed by atoms with Crippen LogP contribution in [0.25, 0.3) is 0 Å². The molecule has 0 saturated heterocycles. The SMILES string of the molecule is CCN1CSC(CCO)=C1C.I. The van der Waals surface area contributed by atoms with Crippen LogP contribution in [0.1, 0.15) is 20.3 Å². The molecule has 0 fully saturated rings. The van der Waals surface area contributed by atoms with Crippen molar-refractivity contribution in [1.82, 2.24) is 4.90 Å². The van der Waals surface area contributed by atoms with Gasteiger partial charge in [-0.05, 0) is 13.8 Å². The Morgan fingerprint density at radius 1 is 1.58 bits per heavy atom. The van der Waals surface area contributed by atoms with Crippen LogP contribution in [0.3, 0.4) is 0 Å². The zero-order chi connectivity index (χ0) is 8.27. The molecule has 0 aliphatic carbocycles. The number of aliphatic hydroxyl groups is 1. The number of halogens is 1. The largest absolute Gasteiger partial charge is 0.396 e. The first-order chi connectivity index (χ1) is 5.29. The lowest BCUT2D eigenvalue weighted by Gasteiger charge is -2.15. The molecule has 72 valence electrons. The number of nitrogens with zero attached hydrogens (tertiary/aromatic N) is 1. The van der Waals surface area contributed by atoms with Crippen LogP contribution in [0.4, 0.5) is 0 Å². The van der Waals surface area contributed by atoms with Gasteiger partial charge in [0, 0.05) is 30.2 Å². The zero-order valence-electron chi connectivity index (χ0n) is 7.54. The third-order valence-electron chi connectivity index (χ3n) is 1.99. The molecule has 0 spiro atoms. The van der Waals surface area contributed by atoms with Gasteiger partial charge in [0.15, 0.2) is 0 Å². The summed E-state index contributed by atoms with van der Waals surface area (Å²) in [5.41, 5.74) is 1.35. The fourth-order valence-electron chi connectivity index (χ4n) is 1.22. The first-order valence-electron chi connectivity index (χ1n) is 3.98. The van der Waals surface area contributed by atoms with Crippen LogP contribution in [0.2, 0.25) is 0 Å². The molecule has 1 heterocycles. The first-order valence-corrected chi connectivity index (χ1v) is 4.96. The maximum atomic E-state index is 8.74. The number of allylic oxidation sites excluding steroid dienone is 1. The van der Waals surface area contributed by atoms with E-state index in [4.69, 9.17) is 5.11 Å². The van der Waals surface area contributed by atoms with Gasteiger partial charge < -0.3 is 10.0 Å². The molecule has 0 amide bonds. The number of thioether (sulfide) groups is 1. The van der Waals surface area contributed by atoms with Gasteiger partial charge in [0.1, 0.15) is 0 Å². The maximum Gasteiger partial charge on any atom is 0.0680 e. The highest BCUT2D eigenvalue weighted by Gasteiger charge is 2.16. The Balaban J connectivity index is 0.00000121. The molecule has 12 heavy (non-hydrogen) atoms. The molecule has 4 heteroatoms. The van der Waals surface area contributed by atoms with E-state index in [9.17, 15) is 0 Å². The van der Waals surface area contributed by atoms with E-state index in [2.05, 4.69) is 18.7 Å². The normalized spacial score (nSPS) is 16.8. The van der Waals surface area contributed by atoms with Crippen LogP contribution < -0.4 is 0 Å². The summed E-state index contributed by atoms with van der Waals surface area (Å²) in [7, 11) is 0. The van der Waals surface area contributed by atoms with Crippen molar-refractivity contribution in [1.29, 1.82) is 0 Å². The van der Waals surface area contributed by atoms with Crippen molar-refractivity contribution in [3.63, 3.8) is 0 Å². The third kappa shape index (κ3) is 2.81. The summed E-state index contributed by atoms with van der Waals surface area (Å²) in [6.07, 6.45) is 0.826. The highest BCUT2D eigenvalue weighted by molar-refractivity contribution is 14.0. The Labute approximate surface area is 95.4 Å². The van der Waals surface area contributed by atoms with Crippen LogP contribution in [0, 0.1) is 0 Å². The maximum absolute atomic E-state index is 8.74. The molecule has 1 rings (SSSR count). The average Bonchev–Trinajstić information content (AvgIpc) is 2.34. The minimum atomic E-state index is 0. The molecule has 0 aromatic rings. The Kier molecular flexibility index (Phi) is 6.39. The van der Waals surface area contributed by atoms with E-state index in [-0.39, 0.29) is 30.6 Å². The van der Waals surface area contributed by atoms with Crippen molar-refractivity contribution in [3.8, 4) is 0 Å². The van der Waals surface area contributed by atoms with Gasteiger partial charge in [-0.3, -0.25) is 0 Å². The van der Waals surface area contributed by atoms with E-state index >= 15 is 0 Å². The molecular formula is C8H16INOS. The molecule has 1 N–H and O–H groups in total. The Morgan fingerprint density at radius 2 is 2.25 bits per heavy atom. The van der Waals surface area contributed by atoms with Crippen molar-refractivity contribution in [2.24, 2.45) is 0 Å². The molecular weight excluding hydrogens is 285 g/mol. The Hall–Kier alpha value is 0.580. The minimum absolute atomic E-state index is 0. The molecule has 0 radical (unpaired) electrons. The van der Waals surface area contributed by atoms with Gasteiger partial charge in [0.2, 0.25) is 0 Å². The summed E-state index contributed by atoms with van der Waals surface area (Å²) in [5, 5.41) is 8.74. The van der Waals surface area contributed by atoms with Gasteiger partial charge in [0.05, 0.1) is 5.88 Å². The van der Waals surface area contributed by atoms with Crippen molar-refractivity contribution < 1.29 is 5.11 Å². The van der Waals surface area contributed by atoms with Crippen LogP contribution in [0.5, 0.6) is 0 Å². The van der Waals surface area contributed by atoms with Crippen molar-refractivity contribution >= 4 is 35.7 Å². The van der Waals surface area contributed by atoms with E-state index in [1.54, 1.807) is 0 Å². The van der Waals surface area contributed by atoms with Gasteiger partial charge in [-0.25, -0.2) is 0 Å². The number of hydrogen-bond acceptors (Lipinski definition) is 3. The molecule has 0 atom stereocenters. The standard InChI is InChI=1S/C8H15NOS.HI/c1-3-9-6-11-8(4-5-10)7(9)2;/h10H,3-6H2,1-2H3;1H. The zero-order valence-corrected chi connectivity index (χ0v) is 10.7. The van der Waals surface area contributed by atoms with E-state index in [0.29, 0.717) is 0 Å². The summed E-state index contributed by atoms with van der Waals surface area (Å²) in [6, 6.07) is 0. The van der Waals surface area contributed by atoms with E-state index in [0.717, 1.165) is 18.8 Å². The average molecular weight is 301 g/mol. The van der Waals surface area contributed by atoms with E-state index in [1.165, 1.54) is 10.6 Å². The lowest BCUT2D eigenvalue weighted by molar-refractivity contribution is 0.300. The quantitative estimate of drug-likeness (QED) is 0.809. The van der Waals surface area contributed by atoms with E-state index < -0.39 is 0 Å². The first kappa shape index (κ1) is 12.6. The van der Waals surface area contributed by atoms with Crippen LogP contribution in [0.15, 0.2) is 10.6 Å². The van der Waals surface area contributed by atoms with E-state index in [1.807, 2.05) is 11.8 Å². The fraction of sp³-hybridized carbons (Fsp3) is 0.750. The second-order valence-corrected chi connectivity index (χ2v) is 3.65. The predicted molar refractivity (Wildman–Crippen MR) is 64.7 cm³/mol. The summed E-state index contributed by atoms with van der Waals surface area (Å²) < 4.78 is 0. The van der Waals surface area contributed by atoms with Crippen LogP contribution in [-0.2, 0) is 0 Å². The molecule has 1 aliphatic rings. The van der Waals surface area contributed by atoms with Crippen molar-refractivity contribution in [3.05, 3.63) is 10.6 Å². The number of aliphatic hydroxyl groups excluding tert-OH is 1. The molecule has 0 unspecified atom stereocenters. The minimum Gasteiger partial charge on any atom is -0.396 e. The van der Waals surface area contributed by atoms with Crippen LogP contribution >= 0.6 is 35.7 Å². The predicted octanol–water partition coefficient (Wildman–Crippen LogP) is 2.24. The highest BCUT2D eigenvalue weighted by atomic mass is 127. The van der Waals surface area contributed by atoms with Crippen molar-refractivity contribution in [2.45, 2.75) is 20.3 Å².